The molecule has 0 atom stereocenters. The van der Waals surface area contributed by atoms with Gasteiger partial charge in [0.15, 0.2) is 14.9 Å². The minimum Gasteiger partial charge on any atom is -0.495 e. The fourth-order valence-corrected chi connectivity index (χ4v) is 3.95. The zero-order valence-corrected chi connectivity index (χ0v) is 17.7. The van der Waals surface area contributed by atoms with Crippen LogP contribution in [0, 0.1) is 6.92 Å². The summed E-state index contributed by atoms with van der Waals surface area (Å²) in [5.74, 6) is 1.41. The summed E-state index contributed by atoms with van der Waals surface area (Å²) in [4.78, 5) is 4.76. The van der Waals surface area contributed by atoms with E-state index in [9.17, 15) is 8.42 Å². The maximum atomic E-state index is 11.9. The standard InChI is InChI=1S/C19H22N4O3S2/c1-5-23-12(2)20-14-7-6-8-15(18(14)23)21-19(27)22-16-11-13(28(4,24)25)9-10-17(16)26-3/h6-11H,5H2,1-4H3,(H2,21,22,27). The summed E-state index contributed by atoms with van der Waals surface area (Å²) >= 11 is 5.45. The van der Waals surface area contributed by atoms with Crippen molar-refractivity contribution in [2.45, 2.75) is 25.3 Å². The Morgan fingerprint density at radius 1 is 1.21 bits per heavy atom. The lowest BCUT2D eigenvalue weighted by Crippen LogP contribution is -2.20. The van der Waals surface area contributed by atoms with Gasteiger partial charge in [-0.15, -0.1) is 0 Å². The number of ether oxygens (including phenoxy) is 1. The lowest BCUT2D eigenvalue weighted by atomic mass is 10.2. The number of anilines is 2. The first-order valence-electron chi connectivity index (χ1n) is 8.66. The second-order valence-electron chi connectivity index (χ2n) is 6.29. The summed E-state index contributed by atoms with van der Waals surface area (Å²) in [6.07, 6.45) is 1.16. The Balaban J connectivity index is 1.92. The molecule has 0 aliphatic heterocycles. The molecule has 0 fully saturated rings. The van der Waals surface area contributed by atoms with Crippen LogP contribution in [-0.2, 0) is 16.4 Å². The number of hydrogen-bond acceptors (Lipinski definition) is 5. The van der Waals surface area contributed by atoms with Crippen molar-refractivity contribution >= 4 is 49.6 Å². The molecule has 0 radical (unpaired) electrons. The number of sulfone groups is 1. The summed E-state index contributed by atoms with van der Waals surface area (Å²) in [7, 11) is -1.84. The highest BCUT2D eigenvalue weighted by Gasteiger charge is 2.14. The van der Waals surface area contributed by atoms with Crippen LogP contribution >= 0.6 is 12.2 Å². The van der Waals surface area contributed by atoms with E-state index in [0.29, 0.717) is 16.5 Å². The molecule has 3 aromatic rings. The molecular weight excluding hydrogens is 396 g/mol. The molecule has 2 aromatic carbocycles. The average Bonchev–Trinajstić information content (AvgIpc) is 2.96. The van der Waals surface area contributed by atoms with Gasteiger partial charge in [0.05, 0.1) is 34.4 Å². The number of imidazole rings is 1. The maximum absolute atomic E-state index is 11.9. The largest absolute Gasteiger partial charge is 0.495 e. The van der Waals surface area contributed by atoms with Crippen LogP contribution in [0.1, 0.15) is 12.7 Å². The van der Waals surface area contributed by atoms with Crippen LogP contribution < -0.4 is 15.4 Å². The molecule has 9 heteroatoms. The Kier molecular flexibility index (Phi) is 5.57. The van der Waals surface area contributed by atoms with Gasteiger partial charge in [-0.3, -0.25) is 0 Å². The molecule has 0 amide bonds. The predicted octanol–water partition coefficient (Wildman–Crippen LogP) is 3.59. The smallest absolute Gasteiger partial charge is 0.175 e. The third-order valence-electron chi connectivity index (χ3n) is 4.37. The van der Waals surface area contributed by atoms with Crippen LogP contribution in [0.15, 0.2) is 41.3 Å². The van der Waals surface area contributed by atoms with Crippen molar-refractivity contribution in [3.8, 4) is 5.75 Å². The van der Waals surface area contributed by atoms with E-state index in [2.05, 4.69) is 27.1 Å². The average molecular weight is 419 g/mol. The van der Waals surface area contributed by atoms with Gasteiger partial charge in [0.1, 0.15) is 11.6 Å². The number of rotatable bonds is 5. The SMILES string of the molecule is CCn1c(C)nc2cccc(NC(=S)Nc3cc(S(C)(=O)=O)ccc3OC)c21. The van der Waals surface area contributed by atoms with Crippen molar-refractivity contribution in [2.24, 2.45) is 0 Å². The van der Waals surface area contributed by atoms with Crippen molar-refractivity contribution < 1.29 is 13.2 Å². The second-order valence-corrected chi connectivity index (χ2v) is 8.71. The first kappa shape index (κ1) is 20.1. The van der Waals surface area contributed by atoms with Crippen molar-refractivity contribution in [3.05, 3.63) is 42.2 Å². The number of para-hydroxylation sites is 1. The highest BCUT2D eigenvalue weighted by molar-refractivity contribution is 7.90. The van der Waals surface area contributed by atoms with Gasteiger partial charge >= 0.3 is 0 Å². The highest BCUT2D eigenvalue weighted by Crippen LogP contribution is 2.29. The summed E-state index contributed by atoms with van der Waals surface area (Å²) in [6.45, 7) is 4.81. The van der Waals surface area contributed by atoms with E-state index in [-0.39, 0.29) is 4.90 Å². The Morgan fingerprint density at radius 3 is 2.57 bits per heavy atom. The number of thiocarbonyl (C=S) groups is 1. The van der Waals surface area contributed by atoms with E-state index in [1.165, 1.54) is 19.2 Å². The van der Waals surface area contributed by atoms with Crippen LogP contribution in [-0.4, -0.2) is 36.4 Å². The van der Waals surface area contributed by atoms with Crippen LogP contribution in [0.4, 0.5) is 11.4 Å². The van der Waals surface area contributed by atoms with E-state index in [1.807, 2.05) is 25.1 Å². The molecule has 28 heavy (non-hydrogen) atoms. The predicted molar refractivity (Wildman–Crippen MR) is 116 cm³/mol. The van der Waals surface area contributed by atoms with Crippen molar-refractivity contribution in [2.75, 3.05) is 24.0 Å². The number of fused-ring (bicyclic) bond motifs is 1. The number of aryl methyl sites for hydroxylation is 2. The lowest BCUT2D eigenvalue weighted by Gasteiger charge is -2.15. The van der Waals surface area contributed by atoms with Gasteiger partial charge in [-0.25, -0.2) is 13.4 Å². The molecule has 0 aliphatic rings. The molecule has 1 aromatic heterocycles. The molecule has 2 N–H and O–H groups in total. The molecule has 0 bridgehead atoms. The molecule has 148 valence electrons. The third-order valence-corrected chi connectivity index (χ3v) is 5.68. The number of nitrogens with one attached hydrogen (secondary N) is 2. The Morgan fingerprint density at radius 2 is 1.93 bits per heavy atom. The maximum Gasteiger partial charge on any atom is 0.175 e. The number of methoxy groups -OCH3 is 1. The topological polar surface area (TPSA) is 85.3 Å². The summed E-state index contributed by atoms with van der Waals surface area (Å²) in [6, 6.07) is 10.4. The first-order chi connectivity index (χ1) is 13.2. The number of aromatic nitrogens is 2. The monoisotopic (exact) mass is 418 g/mol. The molecule has 3 rings (SSSR count). The van der Waals surface area contributed by atoms with Crippen LogP contribution in [0.5, 0.6) is 5.75 Å². The molecule has 1 heterocycles. The summed E-state index contributed by atoms with van der Waals surface area (Å²) in [5, 5.41) is 6.54. The molecule has 7 nitrogen and oxygen atoms in total. The number of nitrogens with zero attached hydrogens (tertiary/aromatic N) is 2. The first-order valence-corrected chi connectivity index (χ1v) is 11.0. The van der Waals surface area contributed by atoms with Crippen molar-refractivity contribution in [1.29, 1.82) is 0 Å². The Bertz CT molecular complexity index is 1150. The Hall–Kier alpha value is -2.65. The number of hydrogen-bond donors (Lipinski definition) is 2. The van der Waals surface area contributed by atoms with E-state index in [1.54, 1.807) is 6.07 Å². The van der Waals surface area contributed by atoms with Crippen LogP contribution in [0.25, 0.3) is 11.0 Å². The van der Waals surface area contributed by atoms with Gasteiger partial charge in [-0.1, -0.05) is 6.07 Å². The fourth-order valence-electron chi connectivity index (χ4n) is 3.08. The van der Waals surface area contributed by atoms with Crippen LogP contribution in [0.3, 0.4) is 0 Å². The fraction of sp³-hybridized carbons (Fsp3) is 0.263. The van der Waals surface area contributed by atoms with Gasteiger partial charge < -0.3 is 19.9 Å². The Labute approximate surface area is 169 Å². The van der Waals surface area contributed by atoms with E-state index < -0.39 is 9.84 Å². The summed E-state index contributed by atoms with van der Waals surface area (Å²) < 4.78 is 31.1. The molecule has 0 aliphatic carbocycles. The molecule has 0 unspecified atom stereocenters. The third kappa shape index (κ3) is 3.95. The van der Waals surface area contributed by atoms with Crippen LogP contribution in [0.2, 0.25) is 0 Å². The molecule has 0 saturated carbocycles. The van der Waals surface area contributed by atoms with E-state index in [4.69, 9.17) is 17.0 Å². The number of benzene rings is 2. The quantitative estimate of drug-likeness (QED) is 0.613. The lowest BCUT2D eigenvalue weighted by molar-refractivity contribution is 0.416. The van der Waals surface area contributed by atoms with E-state index >= 15 is 0 Å². The van der Waals surface area contributed by atoms with E-state index in [0.717, 1.165) is 35.3 Å². The van der Waals surface area contributed by atoms with Crippen molar-refractivity contribution in [3.63, 3.8) is 0 Å². The zero-order valence-electron chi connectivity index (χ0n) is 16.1. The van der Waals surface area contributed by atoms with Gasteiger partial charge in [-0.05, 0) is 56.4 Å². The highest BCUT2D eigenvalue weighted by atomic mass is 32.2. The molecule has 0 spiro atoms. The van der Waals surface area contributed by atoms with Gasteiger partial charge in [0.2, 0.25) is 0 Å². The zero-order chi connectivity index (χ0) is 20.5. The van der Waals surface area contributed by atoms with Gasteiger partial charge in [-0.2, -0.15) is 0 Å². The summed E-state index contributed by atoms with van der Waals surface area (Å²) in [5.41, 5.74) is 3.12. The second kappa shape index (κ2) is 7.76. The molecular formula is C19H22N4O3S2. The van der Waals surface area contributed by atoms with Crippen molar-refractivity contribution in [1.82, 2.24) is 9.55 Å². The minimum absolute atomic E-state index is 0.181. The molecule has 0 saturated heterocycles. The normalized spacial score (nSPS) is 11.4. The van der Waals surface area contributed by atoms with Gasteiger partial charge in [0, 0.05) is 12.8 Å². The minimum atomic E-state index is -3.35. The van der Waals surface area contributed by atoms with Gasteiger partial charge in [0.25, 0.3) is 0 Å².